The van der Waals surface area contributed by atoms with E-state index in [4.69, 9.17) is 0 Å². The Morgan fingerprint density at radius 1 is 1.21 bits per heavy atom. The van der Waals surface area contributed by atoms with Gasteiger partial charge < -0.3 is 5.32 Å². The molecule has 128 valence electrons. The molecule has 2 aromatic rings. The zero-order valence-corrected chi connectivity index (χ0v) is 15.5. The third-order valence-corrected chi connectivity index (χ3v) is 5.58. The van der Waals surface area contributed by atoms with Gasteiger partial charge in [-0.05, 0) is 29.0 Å². The molecule has 1 atom stereocenters. The third kappa shape index (κ3) is 3.87. The standard InChI is InChI=1S/C20H26N2OS/c1-20(2,3)19(23)21-13-17(18-9-6-12-24-18)22-11-10-15-7-4-5-8-16(15)14-22/h4-9,12,17H,10-11,13-14H2,1-3H3,(H,21,23)/t17-/m1/s1. The van der Waals surface area contributed by atoms with E-state index in [0.717, 1.165) is 19.5 Å². The molecule has 0 bridgehead atoms. The van der Waals surface area contributed by atoms with Gasteiger partial charge in [0.25, 0.3) is 0 Å². The molecule has 1 amide bonds. The van der Waals surface area contributed by atoms with Gasteiger partial charge in [0.15, 0.2) is 0 Å². The predicted octanol–water partition coefficient (Wildman–Crippen LogP) is 4.01. The highest BCUT2D eigenvalue weighted by molar-refractivity contribution is 7.10. The van der Waals surface area contributed by atoms with Crippen molar-refractivity contribution in [3.8, 4) is 0 Å². The predicted molar refractivity (Wildman–Crippen MR) is 100 cm³/mol. The van der Waals surface area contributed by atoms with Gasteiger partial charge in [0.2, 0.25) is 5.91 Å². The van der Waals surface area contributed by atoms with E-state index in [1.54, 1.807) is 11.3 Å². The maximum atomic E-state index is 12.3. The minimum Gasteiger partial charge on any atom is -0.354 e. The first-order chi connectivity index (χ1) is 11.4. The fraction of sp³-hybridized carbons (Fsp3) is 0.450. The summed E-state index contributed by atoms with van der Waals surface area (Å²) in [5.74, 6) is 0.112. The summed E-state index contributed by atoms with van der Waals surface area (Å²) in [5.41, 5.74) is 2.51. The Kier molecular flexibility index (Phi) is 5.07. The van der Waals surface area contributed by atoms with Crippen LogP contribution >= 0.6 is 11.3 Å². The molecule has 1 aromatic heterocycles. The number of hydrogen-bond donors (Lipinski definition) is 1. The van der Waals surface area contributed by atoms with Crippen molar-refractivity contribution in [1.82, 2.24) is 10.2 Å². The van der Waals surface area contributed by atoms with Gasteiger partial charge in [-0.15, -0.1) is 11.3 Å². The minimum atomic E-state index is -0.353. The molecule has 0 spiro atoms. The van der Waals surface area contributed by atoms with Crippen LogP contribution in [0.3, 0.4) is 0 Å². The second-order valence-corrected chi connectivity index (χ2v) is 8.46. The van der Waals surface area contributed by atoms with Gasteiger partial charge in [-0.1, -0.05) is 51.1 Å². The maximum Gasteiger partial charge on any atom is 0.225 e. The van der Waals surface area contributed by atoms with Crippen molar-refractivity contribution in [1.29, 1.82) is 0 Å². The van der Waals surface area contributed by atoms with Crippen LogP contribution < -0.4 is 5.32 Å². The topological polar surface area (TPSA) is 32.3 Å². The van der Waals surface area contributed by atoms with Crippen molar-refractivity contribution in [3.63, 3.8) is 0 Å². The Morgan fingerprint density at radius 3 is 2.62 bits per heavy atom. The first kappa shape index (κ1) is 17.2. The van der Waals surface area contributed by atoms with Crippen LogP contribution in [0.5, 0.6) is 0 Å². The molecule has 1 N–H and O–H groups in total. The zero-order chi connectivity index (χ0) is 17.2. The van der Waals surface area contributed by atoms with Crippen LogP contribution in [-0.2, 0) is 17.8 Å². The first-order valence-corrected chi connectivity index (χ1v) is 9.45. The Hall–Kier alpha value is -1.65. The van der Waals surface area contributed by atoms with Crippen LogP contribution in [0, 0.1) is 5.41 Å². The van der Waals surface area contributed by atoms with Gasteiger partial charge in [-0.25, -0.2) is 0 Å². The molecule has 4 heteroatoms. The van der Waals surface area contributed by atoms with Crippen molar-refractivity contribution in [2.45, 2.75) is 39.8 Å². The first-order valence-electron chi connectivity index (χ1n) is 8.57. The van der Waals surface area contributed by atoms with Gasteiger partial charge >= 0.3 is 0 Å². The fourth-order valence-corrected chi connectivity index (χ4v) is 3.99. The van der Waals surface area contributed by atoms with Crippen LogP contribution in [0.25, 0.3) is 0 Å². The molecular weight excluding hydrogens is 316 g/mol. The Bertz CT molecular complexity index is 688. The quantitative estimate of drug-likeness (QED) is 0.910. The van der Waals surface area contributed by atoms with Gasteiger partial charge in [-0.3, -0.25) is 9.69 Å². The van der Waals surface area contributed by atoms with Crippen molar-refractivity contribution in [2.24, 2.45) is 5.41 Å². The SMILES string of the molecule is CC(C)(C)C(=O)NC[C@H](c1cccs1)N1CCc2ccccc2C1. The van der Waals surface area contributed by atoms with Crippen molar-refractivity contribution in [3.05, 3.63) is 57.8 Å². The summed E-state index contributed by atoms with van der Waals surface area (Å²) in [7, 11) is 0. The largest absolute Gasteiger partial charge is 0.354 e. The maximum absolute atomic E-state index is 12.3. The van der Waals surface area contributed by atoms with Crippen LogP contribution in [0.15, 0.2) is 41.8 Å². The number of amides is 1. The lowest BCUT2D eigenvalue weighted by Crippen LogP contribution is -2.43. The van der Waals surface area contributed by atoms with Gasteiger partial charge in [0.1, 0.15) is 0 Å². The minimum absolute atomic E-state index is 0.112. The van der Waals surface area contributed by atoms with E-state index in [1.807, 2.05) is 20.8 Å². The van der Waals surface area contributed by atoms with E-state index >= 15 is 0 Å². The highest BCUT2D eigenvalue weighted by Gasteiger charge is 2.28. The lowest BCUT2D eigenvalue weighted by Gasteiger charge is -2.35. The second kappa shape index (κ2) is 7.08. The molecule has 3 rings (SSSR count). The number of thiophene rings is 1. The summed E-state index contributed by atoms with van der Waals surface area (Å²) < 4.78 is 0. The van der Waals surface area contributed by atoms with E-state index in [9.17, 15) is 4.79 Å². The summed E-state index contributed by atoms with van der Waals surface area (Å²) in [5, 5.41) is 5.28. The van der Waals surface area contributed by atoms with Crippen LogP contribution in [0.2, 0.25) is 0 Å². The molecule has 0 fully saturated rings. The number of nitrogens with zero attached hydrogens (tertiary/aromatic N) is 1. The molecule has 24 heavy (non-hydrogen) atoms. The monoisotopic (exact) mass is 342 g/mol. The third-order valence-electron chi connectivity index (χ3n) is 4.61. The van der Waals surface area contributed by atoms with Gasteiger partial charge in [0.05, 0.1) is 6.04 Å². The molecule has 0 saturated heterocycles. The Morgan fingerprint density at radius 2 is 1.96 bits per heavy atom. The fourth-order valence-electron chi connectivity index (χ4n) is 3.13. The molecule has 0 unspecified atom stereocenters. The summed E-state index contributed by atoms with van der Waals surface area (Å²) in [6, 6.07) is 13.2. The van der Waals surface area contributed by atoms with Crippen molar-refractivity contribution < 1.29 is 4.79 Å². The highest BCUT2D eigenvalue weighted by atomic mass is 32.1. The summed E-state index contributed by atoms with van der Waals surface area (Å²) in [4.78, 5) is 16.1. The average Bonchev–Trinajstić information content (AvgIpc) is 3.08. The normalized spacial score (nSPS) is 16.5. The van der Waals surface area contributed by atoms with E-state index in [1.165, 1.54) is 16.0 Å². The van der Waals surface area contributed by atoms with Gasteiger partial charge in [-0.2, -0.15) is 0 Å². The van der Waals surface area contributed by atoms with Crippen molar-refractivity contribution >= 4 is 17.2 Å². The number of benzene rings is 1. The average molecular weight is 343 g/mol. The summed E-state index contributed by atoms with van der Waals surface area (Å²) >= 11 is 1.77. The number of carbonyl (C=O) groups is 1. The van der Waals surface area contributed by atoms with Gasteiger partial charge in [0, 0.05) is 29.9 Å². The number of carbonyl (C=O) groups excluding carboxylic acids is 1. The molecule has 2 heterocycles. The Balaban J connectivity index is 1.76. The van der Waals surface area contributed by atoms with Crippen LogP contribution in [-0.4, -0.2) is 23.9 Å². The molecule has 0 saturated carbocycles. The van der Waals surface area contributed by atoms with E-state index in [2.05, 4.69) is 52.0 Å². The number of hydrogen-bond acceptors (Lipinski definition) is 3. The van der Waals surface area contributed by atoms with E-state index in [0.29, 0.717) is 6.54 Å². The number of fused-ring (bicyclic) bond motifs is 1. The van der Waals surface area contributed by atoms with Crippen molar-refractivity contribution in [2.75, 3.05) is 13.1 Å². The van der Waals surface area contributed by atoms with E-state index < -0.39 is 0 Å². The number of rotatable bonds is 4. The number of nitrogens with one attached hydrogen (secondary N) is 1. The smallest absolute Gasteiger partial charge is 0.225 e. The van der Waals surface area contributed by atoms with Crippen LogP contribution in [0.4, 0.5) is 0 Å². The molecular formula is C20H26N2OS. The highest BCUT2D eigenvalue weighted by Crippen LogP contribution is 2.30. The van der Waals surface area contributed by atoms with E-state index in [-0.39, 0.29) is 17.4 Å². The molecule has 0 radical (unpaired) electrons. The molecule has 0 aliphatic carbocycles. The molecule has 1 aliphatic heterocycles. The second-order valence-electron chi connectivity index (χ2n) is 7.48. The van der Waals surface area contributed by atoms with Crippen LogP contribution in [0.1, 0.15) is 42.8 Å². The molecule has 1 aliphatic rings. The molecule has 3 nitrogen and oxygen atoms in total. The molecule has 1 aromatic carbocycles. The summed E-state index contributed by atoms with van der Waals surface area (Å²) in [6.45, 7) is 8.52. The Labute approximate surface area is 148 Å². The lowest BCUT2D eigenvalue weighted by molar-refractivity contribution is -0.128. The lowest BCUT2D eigenvalue weighted by atomic mass is 9.95. The zero-order valence-electron chi connectivity index (χ0n) is 14.7. The summed E-state index contributed by atoms with van der Waals surface area (Å²) in [6.07, 6.45) is 1.07.